The van der Waals surface area contributed by atoms with Crippen molar-refractivity contribution in [3.63, 3.8) is 0 Å². The van der Waals surface area contributed by atoms with Crippen LogP contribution in [0, 0.1) is 0 Å². The normalized spacial score (nSPS) is 10.4. The number of rotatable bonds is 7. The zero-order valence-corrected chi connectivity index (χ0v) is 11.9. The Kier molecular flexibility index (Phi) is 6.21. The molecule has 5 nitrogen and oxygen atoms in total. The smallest absolute Gasteiger partial charge is 0.232 e. The van der Waals surface area contributed by atoms with E-state index in [-0.39, 0.29) is 0 Å². The van der Waals surface area contributed by atoms with Crippen LogP contribution in [0.1, 0.15) is 19.8 Å². The first kappa shape index (κ1) is 14.2. The summed E-state index contributed by atoms with van der Waals surface area (Å²) in [5.74, 6) is 1.22. The molecule has 0 saturated heterocycles. The number of unbranched alkanes of at least 4 members (excludes halogenated alkanes) is 1. The third-order valence-electron chi connectivity index (χ3n) is 2.36. The van der Waals surface area contributed by atoms with E-state index in [1.165, 1.54) is 0 Å². The van der Waals surface area contributed by atoms with Crippen LogP contribution in [0.15, 0.2) is 10.7 Å². The molecule has 0 bridgehead atoms. The Morgan fingerprint density at radius 2 is 2.24 bits per heavy atom. The summed E-state index contributed by atoms with van der Waals surface area (Å²) in [6.07, 6.45) is 3.94. The van der Waals surface area contributed by atoms with Crippen molar-refractivity contribution < 1.29 is 4.74 Å². The second-order valence-corrected chi connectivity index (χ2v) is 4.51. The Morgan fingerprint density at radius 1 is 1.47 bits per heavy atom. The van der Waals surface area contributed by atoms with E-state index in [4.69, 9.17) is 10.5 Å². The molecule has 0 aliphatic rings. The van der Waals surface area contributed by atoms with Crippen LogP contribution in [0.3, 0.4) is 0 Å². The van der Waals surface area contributed by atoms with Gasteiger partial charge in [-0.25, -0.2) is 4.98 Å². The number of methoxy groups -OCH3 is 1. The Hall–Kier alpha value is -0.880. The number of nitrogens with zero attached hydrogens (tertiary/aromatic N) is 3. The van der Waals surface area contributed by atoms with Crippen molar-refractivity contribution >= 4 is 21.9 Å². The maximum absolute atomic E-state index is 5.60. The van der Waals surface area contributed by atoms with Gasteiger partial charge in [0, 0.05) is 19.6 Å². The Bertz CT molecular complexity index is 348. The fourth-order valence-corrected chi connectivity index (χ4v) is 1.81. The highest BCUT2D eigenvalue weighted by atomic mass is 79.9. The second-order valence-electron chi connectivity index (χ2n) is 3.66. The molecule has 0 fully saturated rings. The van der Waals surface area contributed by atoms with Gasteiger partial charge in [-0.2, -0.15) is 4.98 Å². The van der Waals surface area contributed by atoms with Gasteiger partial charge in [0.1, 0.15) is 0 Å². The number of aromatic nitrogens is 2. The van der Waals surface area contributed by atoms with Crippen LogP contribution in [-0.4, -0.2) is 36.7 Å². The number of halogens is 1. The molecule has 0 aromatic carbocycles. The lowest BCUT2D eigenvalue weighted by Crippen LogP contribution is -2.31. The highest BCUT2D eigenvalue weighted by molar-refractivity contribution is 9.10. The van der Waals surface area contributed by atoms with Gasteiger partial charge in [0.05, 0.1) is 17.8 Å². The molecule has 96 valence electrons. The van der Waals surface area contributed by atoms with Crippen LogP contribution in [0.25, 0.3) is 0 Å². The minimum absolute atomic E-state index is 0.550. The van der Waals surface area contributed by atoms with E-state index in [1.54, 1.807) is 13.3 Å². The lowest BCUT2D eigenvalue weighted by molar-refractivity contribution is 0.393. The van der Waals surface area contributed by atoms with Crippen molar-refractivity contribution in [3.05, 3.63) is 10.7 Å². The summed E-state index contributed by atoms with van der Waals surface area (Å²) in [5.41, 5.74) is 5.60. The van der Waals surface area contributed by atoms with Crippen molar-refractivity contribution in [2.24, 2.45) is 5.73 Å². The summed E-state index contributed by atoms with van der Waals surface area (Å²) in [6, 6.07) is 0. The van der Waals surface area contributed by atoms with Gasteiger partial charge >= 0.3 is 0 Å². The molecule has 0 spiro atoms. The largest absolute Gasteiger partial charge is 0.480 e. The fourth-order valence-electron chi connectivity index (χ4n) is 1.45. The first-order valence-electron chi connectivity index (χ1n) is 5.74. The van der Waals surface area contributed by atoms with Crippen molar-refractivity contribution in [2.75, 3.05) is 31.6 Å². The molecule has 0 saturated carbocycles. The van der Waals surface area contributed by atoms with E-state index in [9.17, 15) is 0 Å². The lowest BCUT2D eigenvalue weighted by atomic mass is 10.3. The molecule has 6 heteroatoms. The molecule has 0 atom stereocenters. The Balaban J connectivity index is 2.85. The standard InChI is InChI=1S/C11H19BrN4O/c1-3-4-6-16(7-5-13)11-14-8-9(12)10(15-11)17-2/h8H,3-7,13H2,1-2H3. The summed E-state index contributed by atoms with van der Waals surface area (Å²) in [6.45, 7) is 4.42. The molecule has 0 aliphatic heterocycles. The first-order valence-corrected chi connectivity index (χ1v) is 6.53. The van der Waals surface area contributed by atoms with E-state index in [0.717, 1.165) is 30.4 Å². The van der Waals surface area contributed by atoms with Gasteiger partial charge in [0.2, 0.25) is 11.8 Å². The van der Waals surface area contributed by atoms with Gasteiger partial charge in [-0.3, -0.25) is 0 Å². The number of ether oxygens (including phenoxy) is 1. The van der Waals surface area contributed by atoms with Crippen molar-refractivity contribution in [1.29, 1.82) is 0 Å². The molecule has 2 N–H and O–H groups in total. The van der Waals surface area contributed by atoms with E-state index >= 15 is 0 Å². The van der Waals surface area contributed by atoms with E-state index < -0.39 is 0 Å². The molecule has 0 aliphatic carbocycles. The Morgan fingerprint density at radius 3 is 2.82 bits per heavy atom. The van der Waals surface area contributed by atoms with Crippen molar-refractivity contribution in [1.82, 2.24) is 9.97 Å². The third kappa shape index (κ3) is 4.12. The maximum Gasteiger partial charge on any atom is 0.232 e. The van der Waals surface area contributed by atoms with E-state index in [1.807, 2.05) is 0 Å². The predicted molar refractivity (Wildman–Crippen MR) is 72.5 cm³/mol. The summed E-state index contributed by atoms with van der Waals surface area (Å²) in [4.78, 5) is 10.7. The molecular formula is C11H19BrN4O. The number of nitrogens with two attached hydrogens (primary N) is 1. The van der Waals surface area contributed by atoms with E-state index in [2.05, 4.69) is 37.7 Å². The van der Waals surface area contributed by atoms with Gasteiger partial charge in [0.15, 0.2) is 0 Å². The van der Waals surface area contributed by atoms with Crippen molar-refractivity contribution in [3.8, 4) is 5.88 Å². The first-order chi connectivity index (χ1) is 8.22. The number of hydrogen-bond acceptors (Lipinski definition) is 5. The molecule has 1 aromatic rings. The third-order valence-corrected chi connectivity index (χ3v) is 2.90. The van der Waals surface area contributed by atoms with Gasteiger partial charge < -0.3 is 15.4 Å². The monoisotopic (exact) mass is 302 g/mol. The SMILES string of the molecule is CCCCN(CCN)c1ncc(Br)c(OC)n1. The number of anilines is 1. The van der Waals surface area contributed by atoms with Crippen LogP contribution in [0.4, 0.5) is 5.95 Å². The zero-order valence-electron chi connectivity index (χ0n) is 10.3. The van der Waals surface area contributed by atoms with Crippen molar-refractivity contribution in [2.45, 2.75) is 19.8 Å². The van der Waals surface area contributed by atoms with Gasteiger partial charge in [-0.05, 0) is 22.4 Å². The van der Waals surface area contributed by atoms with Crippen LogP contribution < -0.4 is 15.4 Å². The van der Waals surface area contributed by atoms with Gasteiger partial charge in [-0.1, -0.05) is 13.3 Å². The quantitative estimate of drug-likeness (QED) is 0.832. The minimum Gasteiger partial charge on any atom is -0.480 e. The summed E-state index contributed by atoms with van der Waals surface area (Å²) < 4.78 is 5.92. The van der Waals surface area contributed by atoms with Crippen LogP contribution in [0.2, 0.25) is 0 Å². The van der Waals surface area contributed by atoms with Gasteiger partial charge in [0.25, 0.3) is 0 Å². The molecule has 0 amide bonds. The Labute approximate surface area is 111 Å². The molecule has 1 aromatic heterocycles. The summed E-state index contributed by atoms with van der Waals surface area (Å²) in [5, 5.41) is 0. The fraction of sp³-hybridized carbons (Fsp3) is 0.636. The zero-order chi connectivity index (χ0) is 12.7. The molecule has 1 heterocycles. The molecule has 0 unspecified atom stereocenters. The average molecular weight is 303 g/mol. The van der Waals surface area contributed by atoms with Crippen LogP contribution in [0.5, 0.6) is 5.88 Å². The maximum atomic E-state index is 5.60. The highest BCUT2D eigenvalue weighted by Crippen LogP contribution is 2.23. The molecule has 0 radical (unpaired) electrons. The molecule has 17 heavy (non-hydrogen) atoms. The lowest BCUT2D eigenvalue weighted by Gasteiger charge is -2.21. The highest BCUT2D eigenvalue weighted by Gasteiger charge is 2.11. The minimum atomic E-state index is 0.550. The molecular weight excluding hydrogens is 284 g/mol. The van der Waals surface area contributed by atoms with E-state index in [0.29, 0.717) is 18.4 Å². The van der Waals surface area contributed by atoms with Crippen LogP contribution in [-0.2, 0) is 0 Å². The summed E-state index contributed by atoms with van der Waals surface area (Å²) >= 11 is 3.34. The van der Waals surface area contributed by atoms with Crippen LogP contribution >= 0.6 is 15.9 Å². The van der Waals surface area contributed by atoms with Gasteiger partial charge in [-0.15, -0.1) is 0 Å². The second kappa shape index (κ2) is 7.45. The summed E-state index contributed by atoms with van der Waals surface area (Å²) in [7, 11) is 1.59. The molecule has 1 rings (SSSR count). The average Bonchev–Trinajstić information content (AvgIpc) is 2.35. The number of hydrogen-bond donors (Lipinski definition) is 1. The predicted octanol–water partition coefficient (Wildman–Crippen LogP) is 1.81. The topological polar surface area (TPSA) is 64.3 Å².